The highest BCUT2D eigenvalue weighted by Gasteiger charge is 2.27. The summed E-state index contributed by atoms with van der Waals surface area (Å²) in [7, 11) is 0. The van der Waals surface area contributed by atoms with Crippen molar-refractivity contribution in [1.29, 1.82) is 0 Å². The lowest BCUT2D eigenvalue weighted by molar-refractivity contribution is -0.143. The van der Waals surface area contributed by atoms with Crippen LogP contribution in [0.25, 0.3) is 0 Å². The third-order valence-electron chi connectivity index (χ3n) is 5.11. The average Bonchev–Trinajstić information content (AvgIpc) is 2.69. The number of hydrogen-bond donors (Lipinski definition) is 2. The van der Waals surface area contributed by atoms with Crippen LogP contribution in [0.15, 0.2) is 30.3 Å². The summed E-state index contributed by atoms with van der Waals surface area (Å²) >= 11 is 0. The first kappa shape index (κ1) is 19.9. The summed E-state index contributed by atoms with van der Waals surface area (Å²) in [5.41, 5.74) is 0.668. The van der Waals surface area contributed by atoms with Crippen LogP contribution in [0, 0.1) is 11.8 Å². The van der Waals surface area contributed by atoms with Crippen LogP contribution < -0.4 is 0 Å². The summed E-state index contributed by atoms with van der Waals surface area (Å²) in [6.07, 6.45) is 6.34. The van der Waals surface area contributed by atoms with E-state index >= 15 is 0 Å². The molecule has 1 aromatic carbocycles. The highest BCUT2D eigenvalue weighted by atomic mass is 16.4. The first-order valence-electron chi connectivity index (χ1n) is 9.29. The number of carbonyl (C=O) groups is 3. The van der Waals surface area contributed by atoms with Gasteiger partial charge in [-0.2, -0.15) is 0 Å². The first-order valence-corrected chi connectivity index (χ1v) is 9.29. The van der Waals surface area contributed by atoms with Gasteiger partial charge in [0.2, 0.25) is 0 Å². The fourth-order valence-corrected chi connectivity index (χ4v) is 3.44. The summed E-state index contributed by atoms with van der Waals surface area (Å²) in [6, 6.07) is 9.10. The Balaban J connectivity index is 0.000000228. The third-order valence-corrected chi connectivity index (χ3v) is 5.11. The molecule has 0 bridgehead atoms. The van der Waals surface area contributed by atoms with Gasteiger partial charge in [0, 0.05) is 18.7 Å². The number of carboxylic acids is 2. The summed E-state index contributed by atoms with van der Waals surface area (Å²) in [5, 5.41) is 17.4. The van der Waals surface area contributed by atoms with Gasteiger partial charge in [-0.3, -0.25) is 14.4 Å². The van der Waals surface area contributed by atoms with E-state index in [1.54, 1.807) is 17.0 Å². The zero-order chi connectivity index (χ0) is 18.9. The van der Waals surface area contributed by atoms with Crippen LogP contribution in [0.5, 0.6) is 0 Å². The molecule has 26 heavy (non-hydrogen) atoms. The van der Waals surface area contributed by atoms with Crippen molar-refractivity contribution in [2.75, 3.05) is 13.1 Å². The molecule has 1 saturated carbocycles. The van der Waals surface area contributed by atoms with E-state index in [1.165, 1.54) is 6.42 Å². The Morgan fingerprint density at radius 3 is 1.73 bits per heavy atom. The molecule has 0 unspecified atom stereocenters. The fraction of sp³-hybridized carbons (Fsp3) is 0.550. The van der Waals surface area contributed by atoms with Crippen molar-refractivity contribution in [3.63, 3.8) is 0 Å². The molecule has 1 aromatic rings. The fourth-order valence-electron chi connectivity index (χ4n) is 3.44. The molecule has 0 radical (unpaired) electrons. The van der Waals surface area contributed by atoms with E-state index < -0.39 is 11.9 Å². The van der Waals surface area contributed by atoms with Crippen LogP contribution in [0.4, 0.5) is 0 Å². The number of rotatable bonds is 3. The molecule has 142 valence electrons. The Bertz CT molecular complexity index is 602. The first-order chi connectivity index (χ1) is 12.5. The predicted molar refractivity (Wildman–Crippen MR) is 96.9 cm³/mol. The monoisotopic (exact) mass is 361 g/mol. The third kappa shape index (κ3) is 5.86. The van der Waals surface area contributed by atoms with Gasteiger partial charge in [-0.05, 0) is 37.8 Å². The minimum Gasteiger partial charge on any atom is -0.481 e. The van der Waals surface area contributed by atoms with E-state index in [9.17, 15) is 14.4 Å². The van der Waals surface area contributed by atoms with Crippen LogP contribution in [0.2, 0.25) is 0 Å². The minimum absolute atomic E-state index is 0.00515. The van der Waals surface area contributed by atoms with Gasteiger partial charge in [-0.15, -0.1) is 0 Å². The van der Waals surface area contributed by atoms with Crippen LogP contribution in [-0.2, 0) is 9.59 Å². The highest BCUT2D eigenvalue weighted by molar-refractivity contribution is 5.94. The average molecular weight is 361 g/mol. The van der Waals surface area contributed by atoms with Gasteiger partial charge in [-0.1, -0.05) is 37.5 Å². The molecule has 1 aliphatic heterocycles. The van der Waals surface area contributed by atoms with Crippen molar-refractivity contribution < 1.29 is 24.6 Å². The zero-order valence-electron chi connectivity index (χ0n) is 15.0. The van der Waals surface area contributed by atoms with E-state index in [1.807, 2.05) is 18.2 Å². The lowest BCUT2D eigenvalue weighted by Crippen LogP contribution is -2.40. The summed E-state index contributed by atoms with van der Waals surface area (Å²) < 4.78 is 0. The summed E-state index contributed by atoms with van der Waals surface area (Å²) in [4.78, 5) is 34.9. The van der Waals surface area contributed by atoms with E-state index in [0.29, 0.717) is 31.5 Å². The van der Waals surface area contributed by atoms with Crippen LogP contribution in [0.1, 0.15) is 55.3 Å². The molecule has 3 rings (SSSR count). The number of carboxylic acid groups (broad SMARTS) is 2. The lowest BCUT2D eigenvalue weighted by Gasteiger charge is -2.30. The largest absolute Gasteiger partial charge is 0.481 e. The summed E-state index contributed by atoms with van der Waals surface area (Å²) in [6.45, 7) is 1.06. The van der Waals surface area contributed by atoms with Crippen molar-refractivity contribution in [2.45, 2.75) is 44.9 Å². The van der Waals surface area contributed by atoms with Crippen LogP contribution in [-0.4, -0.2) is 46.0 Å². The Morgan fingerprint density at radius 2 is 1.27 bits per heavy atom. The molecular weight excluding hydrogens is 334 g/mol. The molecule has 1 amide bonds. The number of nitrogens with zero attached hydrogens (tertiary/aromatic N) is 1. The maximum atomic E-state index is 12.1. The van der Waals surface area contributed by atoms with E-state index in [4.69, 9.17) is 10.2 Å². The smallest absolute Gasteiger partial charge is 0.306 e. The normalized spacial score (nSPS) is 18.5. The number of carbonyl (C=O) groups excluding carboxylic acids is 1. The van der Waals surface area contributed by atoms with Gasteiger partial charge in [0.25, 0.3) is 5.91 Å². The second kappa shape index (κ2) is 9.94. The quantitative estimate of drug-likeness (QED) is 0.861. The number of aliphatic carboxylic acids is 2. The second-order valence-electron chi connectivity index (χ2n) is 6.94. The molecule has 0 atom stereocenters. The molecule has 0 aromatic heterocycles. The number of likely N-dealkylation sites (tertiary alicyclic amines) is 1. The maximum Gasteiger partial charge on any atom is 0.306 e. The standard InChI is InChI=1S/C13H15NO3.C7H12O2/c15-12(10-4-2-1-3-5-10)14-8-6-11(7-9-14)13(16)17;8-7(9)6-4-2-1-3-5-6/h1-5,11H,6-9H2,(H,16,17);6H,1-5H2,(H,8,9). The van der Waals surface area contributed by atoms with Crippen molar-refractivity contribution in [3.05, 3.63) is 35.9 Å². The molecule has 1 saturated heterocycles. The number of hydrogen-bond acceptors (Lipinski definition) is 3. The Kier molecular flexibility index (Phi) is 7.63. The number of benzene rings is 1. The molecule has 2 N–H and O–H groups in total. The Hall–Kier alpha value is -2.37. The second-order valence-corrected chi connectivity index (χ2v) is 6.94. The maximum absolute atomic E-state index is 12.1. The molecular formula is C20H27NO5. The molecule has 1 heterocycles. The number of amides is 1. The molecule has 2 aliphatic rings. The zero-order valence-corrected chi connectivity index (χ0v) is 15.0. The molecule has 6 heteroatoms. The Labute approximate surface area is 153 Å². The molecule has 0 spiro atoms. The topological polar surface area (TPSA) is 94.9 Å². The predicted octanol–water partition coefficient (Wildman–Crippen LogP) is 3.27. The minimum atomic E-state index is -0.753. The molecule has 1 aliphatic carbocycles. The highest BCUT2D eigenvalue weighted by Crippen LogP contribution is 2.23. The van der Waals surface area contributed by atoms with Gasteiger partial charge in [0.1, 0.15) is 0 Å². The van der Waals surface area contributed by atoms with Gasteiger partial charge in [0.05, 0.1) is 11.8 Å². The van der Waals surface area contributed by atoms with E-state index in [2.05, 4.69) is 0 Å². The van der Waals surface area contributed by atoms with Gasteiger partial charge >= 0.3 is 11.9 Å². The van der Waals surface area contributed by atoms with Gasteiger partial charge in [-0.25, -0.2) is 0 Å². The molecule has 6 nitrogen and oxygen atoms in total. The number of piperidine rings is 1. The van der Waals surface area contributed by atoms with Gasteiger partial charge < -0.3 is 15.1 Å². The van der Waals surface area contributed by atoms with Crippen molar-refractivity contribution in [1.82, 2.24) is 4.90 Å². The SMILES string of the molecule is O=C(O)C1CCCCC1.O=C(O)C1CCN(C(=O)c2ccccc2)CC1. The van der Waals surface area contributed by atoms with Crippen molar-refractivity contribution >= 4 is 17.8 Å². The summed E-state index contributed by atoms with van der Waals surface area (Å²) in [5.74, 6) is -1.69. The Morgan fingerprint density at radius 1 is 0.769 bits per heavy atom. The van der Waals surface area contributed by atoms with Gasteiger partial charge in [0.15, 0.2) is 0 Å². The van der Waals surface area contributed by atoms with Crippen molar-refractivity contribution in [3.8, 4) is 0 Å². The van der Waals surface area contributed by atoms with Crippen LogP contribution >= 0.6 is 0 Å². The lowest BCUT2D eigenvalue weighted by atomic mass is 9.90. The van der Waals surface area contributed by atoms with Crippen LogP contribution in [0.3, 0.4) is 0 Å². The van der Waals surface area contributed by atoms with E-state index in [0.717, 1.165) is 25.7 Å². The van der Waals surface area contributed by atoms with Crippen molar-refractivity contribution in [2.24, 2.45) is 11.8 Å². The molecule has 2 fully saturated rings. The van der Waals surface area contributed by atoms with E-state index in [-0.39, 0.29) is 17.7 Å².